The van der Waals surface area contributed by atoms with Gasteiger partial charge in [0.1, 0.15) is 0 Å². The van der Waals surface area contributed by atoms with Crippen molar-refractivity contribution in [3.05, 3.63) is 33.8 Å². The van der Waals surface area contributed by atoms with Crippen molar-refractivity contribution >= 4 is 21.8 Å². The van der Waals surface area contributed by atoms with Gasteiger partial charge in [-0.25, -0.2) is 0 Å². The van der Waals surface area contributed by atoms with Gasteiger partial charge in [0.2, 0.25) is 0 Å². The average molecular weight is 338 g/mol. The molecule has 1 amide bonds. The van der Waals surface area contributed by atoms with Crippen LogP contribution in [0.1, 0.15) is 35.2 Å². The van der Waals surface area contributed by atoms with Crippen LogP contribution in [0.5, 0.6) is 0 Å². The first-order valence-electron chi connectivity index (χ1n) is 7.30. The Labute approximate surface area is 128 Å². The number of carbonyl (C=O) groups is 1. The molecule has 3 nitrogen and oxygen atoms in total. The van der Waals surface area contributed by atoms with E-state index in [0.29, 0.717) is 12.0 Å². The molecule has 1 saturated carbocycles. The quantitative estimate of drug-likeness (QED) is 0.842. The zero-order valence-corrected chi connectivity index (χ0v) is 13.4. The standard InChI is InChI=1S/C16H20BrNO2/c1-11-2-3-13(17)8-15(11)16(19)18(14-4-5-14)9-12-6-7-20-10-12/h2-3,8,12,14H,4-7,9-10H2,1H3. The van der Waals surface area contributed by atoms with Crippen molar-refractivity contribution in [2.45, 2.75) is 32.2 Å². The second-order valence-electron chi connectivity index (χ2n) is 5.88. The summed E-state index contributed by atoms with van der Waals surface area (Å²) in [4.78, 5) is 14.9. The number of ether oxygens (including phenoxy) is 1. The monoisotopic (exact) mass is 337 g/mol. The van der Waals surface area contributed by atoms with Gasteiger partial charge < -0.3 is 9.64 Å². The van der Waals surface area contributed by atoms with Crippen molar-refractivity contribution in [2.75, 3.05) is 19.8 Å². The maximum Gasteiger partial charge on any atom is 0.254 e. The molecule has 1 saturated heterocycles. The molecular weight excluding hydrogens is 318 g/mol. The number of nitrogens with zero attached hydrogens (tertiary/aromatic N) is 1. The fourth-order valence-corrected chi connectivity index (χ4v) is 3.13. The highest BCUT2D eigenvalue weighted by molar-refractivity contribution is 9.10. The molecule has 0 N–H and O–H groups in total. The van der Waals surface area contributed by atoms with E-state index >= 15 is 0 Å². The SMILES string of the molecule is Cc1ccc(Br)cc1C(=O)N(CC1CCOC1)C1CC1. The number of halogens is 1. The Bertz CT molecular complexity index is 507. The van der Waals surface area contributed by atoms with E-state index < -0.39 is 0 Å². The molecule has 1 aliphatic carbocycles. The topological polar surface area (TPSA) is 29.5 Å². The van der Waals surface area contributed by atoms with Gasteiger partial charge in [-0.2, -0.15) is 0 Å². The summed E-state index contributed by atoms with van der Waals surface area (Å²) in [6.45, 7) is 4.49. The van der Waals surface area contributed by atoms with E-state index in [1.54, 1.807) is 0 Å². The molecule has 0 bridgehead atoms. The summed E-state index contributed by atoms with van der Waals surface area (Å²) in [7, 11) is 0. The van der Waals surface area contributed by atoms with Crippen LogP contribution in [-0.4, -0.2) is 36.6 Å². The second-order valence-corrected chi connectivity index (χ2v) is 6.79. The first-order valence-corrected chi connectivity index (χ1v) is 8.09. The third-order valence-corrected chi connectivity index (χ3v) is 4.65. The molecular formula is C16H20BrNO2. The first-order chi connectivity index (χ1) is 9.65. The van der Waals surface area contributed by atoms with Gasteiger partial charge >= 0.3 is 0 Å². The Kier molecular flexibility index (Phi) is 4.13. The molecule has 3 rings (SSSR count). The highest BCUT2D eigenvalue weighted by Gasteiger charge is 2.35. The molecule has 108 valence electrons. The lowest BCUT2D eigenvalue weighted by Gasteiger charge is -2.26. The lowest BCUT2D eigenvalue weighted by molar-refractivity contribution is 0.0705. The number of hydrogen-bond acceptors (Lipinski definition) is 2. The number of aryl methyl sites for hydroxylation is 1. The van der Waals surface area contributed by atoms with E-state index in [1.807, 2.05) is 25.1 Å². The predicted molar refractivity (Wildman–Crippen MR) is 81.9 cm³/mol. The minimum Gasteiger partial charge on any atom is -0.381 e. The lowest BCUT2D eigenvalue weighted by atomic mass is 10.0. The van der Waals surface area contributed by atoms with Crippen LogP contribution in [0.15, 0.2) is 22.7 Å². The lowest BCUT2D eigenvalue weighted by Crippen LogP contribution is -2.37. The third kappa shape index (κ3) is 3.07. The van der Waals surface area contributed by atoms with Gasteiger partial charge in [0.05, 0.1) is 6.61 Å². The van der Waals surface area contributed by atoms with E-state index in [1.165, 1.54) is 0 Å². The first kappa shape index (κ1) is 14.1. The van der Waals surface area contributed by atoms with Gasteiger partial charge in [-0.05, 0) is 43.9 Å². The molecule has 4 heteroatoms. The summed E-state index contributed by atoms with van der Waals surface area (Å²) in [5.74, 6) is 0.685. The van der Waals surface area contributed by atoms with Crippen LogP contribution in [0.4, 0.5) is 0 Å². The van der Waals surface area contributed by atoms with Crippen LogP contribution in [0.25, 0.3) is 0 Å². The molecule has 1 aromatic rings. The summed E-state index contributed by atoms with van der Waals surface area (Å²) in [6, 6.07) is 6.37. The molecule has 20 heavy (non-hydrogen) atoms. The minimum atomic E-state index is 0.179. The third-order valence-electron chi connectivity index (χ3n) is 4.16. The minimum absolute atomic E-state index is 0.179. The number of rotatable bonds is 4. The number of benzene rings is 1. The van der Waals surface area contributed by atoms with Gasteiger partial charge in [0.25, 0.3) is 5.91 Å². The summed E-state index contributed by atoms with van der Waals surface area (Å²) < 4.78 is 6.41. The van der Waals surface area contributed by atoms with E-state index in [-0.39, 0.29) is 5.91 Å². The fraction of sp³-hybridized carbons (Fsp3) is 0.562. The molecule has 0 aromatic heterocycles. The summed E-state index contributed by atoms with van der Waals surface area (Å²) in [6.07, 6.45) is 3.37. The highest BCUT2D eigenvalue weighted by Crippen LogP contribution is 2.31. The maximum absolute atomic E-state index is 12.9. The van der Waals surface area contributed by atoms with Crippen LogP contribution < -0.4 is 0 Å². The van der Waals surface area contributed by atoms with Crippen LogP contribution >= 0.6 is 15.9 Å². The number of carbonyl (C=O) groups excluding carboxylic acids is 1. The zero-order chi connectivity index (χ0) is 14.1. The van der Waals surface area contributed by atoms with Gasteiger partial charge in [-0.15, -0.1) is 0 Å². The van der Waals surface area contributed by atoms with Crippen LogP contribution in [-0.2, 0) is 4.74 Å². The summed E-state index contributed by atoms with van der Waals surface area (Å²) in [5.41, 5.74) is 1.87. The van der Waals surface area contributed by atoms with Crippen LogP contribution in [0.3, 0.4) is 0 Å². The largest absolute Gasteiger partial charge is 0.381 e. The van der Waals surface area contributed by atoms with Gasteiger partial charge in [0.15, 0.2) is 0 Å². The molecule has 1 aliphatic heterocycles. The van der Waals surface area contributed by atoms with E-state index in [4.69, 9.17) is 4.74 Å². The van der Waals surface area contributed by atoms with Crippen LogP contribution in [0.2, 0.25) is 0 Å². The van der Waals surface area contributed by atoms with Crippen molar-refractivity contribution in [3.63, 3.8) is 0 Å². The van der Waals surface area contributed by atoms with Crippen LogP contribution in [0, 0.1) is 12.8 Å². The Balaban J connectivity index is 1.79. The van der Waals surface area contributed by atoms with Crippen molar-refractivity contribution in [2.24, 2.45) is 5.92 Å². The average Bonchev–Trinajstić information content (AvgIpc) is 3.15. The molecule has 2 aliphatic rings. The van der Waals surface area contributed by atoms with E-state index in [0.717, 1.165) is 54.6 Å². The Morgan fingerprint density at radius 1 is 1.40 bits per heavy atom. The predicted octanol–water partition coefficient (Wildman–Crippen LogP) is 3.40. The summed E-state index contributed by atoms with van der Waals surface area (Å²) in [5, 5.41) is 0. The molecule has 2 fully saturated rings. The smallest absolute Gasteiger partial charge is 0.254 e. The Morgan fingerprint density at radius 3 is 2.85 bits per heavy atom. The van der Waals surface area contributed by atoms with Crippen molar-refractivity contribution in [3.8, 4) is 0 Å². The number of hydrogen-bond donors (Lipinski definition) is 0. The molecule has 1 heterocycles. The highest BCUT2D eigenvalue weighted by atomic mass is 79.9. The van der Waals surface area contributed by atoms with E-state index in [2.05, 4.69) is 20.8 Å². The summed E-state index contributed by atoms with van der Waals surface area (Å²) >= 11 is 3.46. The molecule has 1 unspecified atom stereocenters. The normalized spacial score (nSPS) is 22.0. The van der Waals surface area contributed by atoms with Gasteiger partial charge in [-0.3, -0.25) is 4.79 Å². The fourth-order valence-electron chi connectivity index (χ4n) is 2.77. The van der Waals surface area contributed by atoms with Gasteiger partial charge in [0, 0.05) is 35.1 Å². The molecule has 0 spiro atoms. The number of amides is 1. The zero-order valence-electron chi connectivity index (χ0n) is 11.8. The Morgan fingerprint density at radius 2 is 2.20 bits per heavy atom. The van der Waals surface area contributed by atoms with Crippen molar-refractivity contribution in [1.82, 2.24) is 4.90 Å². The van der Waals surface area contributed by atoms with Crippen molar-refractivity contribution < 1.29 is 9.53 Å². The van der Waals surface area contributed by atoms with Crippen molar-refractivity contribution in [1.29, 1.82) is 0 Å². The molecule has 1 atom stereocenters. The molecule has 0 radical (unpaired) electrons. The van der Waals surface area contributed by atoms with Gasteiger partial charge in [-0.1, -0.05) is 22.0 Å². The van der Waals surface area contributed by atoms with E-state index in [9.17, 15) is 4.79 Å². The Hall–Kier alpha value is -0.870. The molecule has 1 aromatic carbocycles. The maximum atomic E-state index is 12.9. The second kappa shape index (κ2) is 5.86.